The maximum Gasteiger partial charge on any atom is 0.213 e. The monoisotopic (exact) mass is 460 g/mol. The van der Waals surface area contributed by atoms with Crippen LogP contribution in [0.1, 0.15) is 23.3 Å². The van der Waals surface area contributed by atoms with Crippen molar-refractivity contribution < 1.29 is 0 Å². The van der Waals surface area contributed by atoms with Crippen molar-refractivity contribution in [1.29, 1.82) is 0 Å². The molecular weight excluding hydrogens is 440 g/mol. The SMILES string of the molecule is Cc1nc(=S)[nH][nH]1.Cc1nc(=S)[nH][nH]1.Cc1nc(=S)[nH][nH]1.Cc1nc(=S)[nH][nH]1. The summed E-state index contributed by atoms with van der Waals surface area (Å²) < 4.78 is 2.05. The molecule has 152 valence electrons. The third kappa shape index (κ3) is 10.6. The lowest BCUT2D eigenvalue weighted by Gasteiger charge is -1.67. The molecule has 0 aliphatic carbocycles. The summed E-state index contributed by atoms with van der Waals surface area (Å²) in [7, 11) is 0. The van der Waals surface area contributed by atoms with E-state index in [-0.39, 0.29) is 0 Å². The van der Waals surface area contributed by atoms with E-state index < -0.39 is 0 Å². The van der Waals surface area contributed by atoms with Gasteiger partial charge in [0.2, 0.25) is 19.1 Å². The van der Waals surface area contributed by atoms with E-state index in [0.717, 1.165) is 23.3 Å². The zero-order valence-corrected chi connectivity index (χ0v) is 18.7. The van der Waals surface area contributed by atoms with Crippen molar-refractivity contribution >= 4 is 48.9 Å². The van der Waals surface area contributed by atoms with Gasteiger partial charge in [-0.3, -0.25) is 40.8 Å². The second-order valence-electron chi connectivity index (χ2n) is 5.01. The van der Waals surface area contributed by atoms with Crippen molar-refractivity contribution in [1.82, 2.24) is 60.7 Å². The van der Waals surface area contributed by atoms with Gasteiger partial charge in [0, 0.05) is 0 Å². The van der Waals surface area contributed by atoms with Crippen LogP contribution < -0.4 is 0 Å². The molecule has 0 saturated heterocycles. The third-order valence-electron chi connectivity index (χ3n) is 2.48. The lowest BCUT2D eigenvalue weighted by atomic mass is 10.8. The molecule has 0 aliphatic heterocycles. The van der Waals surface area contributed by atoms with Gasteiger partial charge >= 0.3 is 0 Å². The first-order chi connectivity index (χ1) is 13.2. The summed E-state index contributed by atoms with van der Waals surface area (Å²) in [5, 5.41) is 21.5. The number of hydrogen-bond donors (Lipinski definition) is 8. The van der Waals surface area contributed by atoms with Crippen LogP contribution in [0.25, 0.3) is 0 Å². The van der Waals surface area contributed by atoms with Crippen molar-refractivity contribution in [3.8, 4) is 0 Å². The summed E-state index contributed by atoms with van der Waals surface area (Å²) in [5.41, 5.74) is 0. The van der Waals surface area contributed by atoms with Crippen molar-refractivity contribution in [2.75, 3.05) is 0 Å². The van der Waals surface area contributed by atoms with E-state index in [2.05, 4.69) is 110 Å². The molecule has 28 heavy (non-hydrogen) atoms. The predicted molar refractivity (Wildman–Crippen MR) is 114 cm³/mol. The smallest absolute Gasteiger partial charge is 0.213 e. The summed E-state index contributed by atoms with van der Waals surface area (Å²) in [6.07, 6.45) is 0. The first kappa shape index (κ1) is 23.5. The fraction of sp³-hybridized carbons (Fsp3) is 0.333. The van der Waals surface area contributed by atoms with Gasteiger partial charge in [-0.2, -0.15) is 0 Å². The number of H-pyrrole nitrogens is 8. The molecule has 12 nitrogen and oxygen atoms in total. The van der Waals surface area contributed by atoms with Crippen molar-refractivity contribution in [2.45, 2.75) is 27.7 Å². The first-order valence-electron chi connectivity index (χ1n) is 7.61. The van der Waals surface area contributed by atoms with Crippen molar-refractivity contribution in [3.05, 3.63) is 42.4 Å². The van der Waals surface area contributed by atoms with Crippen LogP contribution in [0.5, 0.6) is 0 Å². The van der Waals surface area contributed by atoms with Gasteiger partial charge in [0.25, 0.3) is 0 Å². The summed E-state index contributed by atoms with van der Waals surface area (Å²) in [6.45, 7) is 7.36. The van der Waals surface area contributed by atoms with E-state index in [9.17, 15) is 0 Å². The minimum absolute atomic E-state index is 0.512. The maximum atomic E-state index is 4.63. The molecule has 0 aliphatic rings. The number of aryl methyl sites for hydroxylation is 4. The molecule has 0 atom stereocenters. The van der Waals surface area contributed by atoms with Gasteiger partial charge in [0.1, 0.15) is 23.3 Å². The molecule has 0 radical (unpaired) electrons. The zero-order valence-electron chi connectivity index (χ0n) is 15.4. The van der Waals surface area contributed by atoms with Crippen LogP contribution in [-0.4, -0.2) is 60.7 Å². The summed E-state index contributed by atoms with van der Waals surface area (Å²) >= 11 is 18.5. The molecule has 16 heteroatoms. The highest BCUT2D eigenvalue weighted by atomic mass is 32.1. The number of nitrogens with zero attached hydrogens (tertiary/aromatic N) is 4. The largest absolute Gasteiger partial charge is 0.286 e. The van der Waals surface area contributed by atoms with Gasteiger partial charge in [0.05, 0.1) is 0 Å². The fourth-order valence-electron chi connectivity index (χ4n) is 1.41. The van der Waals surface area contributed by atoms with E-state index >= 15 is 0 Å². The van der Waals surface area contributed by atoms with Crippen LogP contribution in [-0.2, 0) is 0 Å². The van der Waals surface area contributed by atoms with Crippen LogP contribution in [0.2, 0.25) is 0 Å². The number of hydrogen-bond acceptors (Lipinski definition) is 8. The van der Waals surface area contributed by atoms with Crippen molar-refractivity contribution in [3.63, 3.8) is 0 Å². The highest BCUT2D eigenvalue weighted by molar-refractivity contribution is 7.71. The number of rotatable bonds is 0. The van der Waals surface area contributed by atoms with E-state index in [1.54, 1.807) is 0 Å². The van der Waals surface area contributed by atoms with E-state index in [1.807, 2.05) is 27.7 Å². The third-order valence-corrected chi connectivity index (χ3v) is 3.25. The molecule has 4 aromatic rings. The minimum Gasteiger partial charge on any atom is -0.286 e. The topological polar surface area (TPSA) is 178 Å². The Bertz CT molecular complexity index is 977. The van der Waals surface area contributed by atoms with Gasteiger partial charge in [0.15, 0.2) is 0 Å². The molecule has 0 unspecified atom stereocenters. The van der Waals surface area contributed by atoms with E-state index in [4.69, 9.17) is 0 Å². The zero-order chi connectivity index (χ0) is 21.1. The lowest BCUT2D eigenvalue weighted by Crippen LogP contribution is -1.68. The van der Waals surface area contributed by atoms with Gasteiger partial charge in [-0.05, 0) is 76.6 Å². The Kier molecular flexibility index (Phi) is 10.1. The summed E-state index contributed by atoms with van der Waals surface area (Å²) in [6, 6.07) is 0. The lowest BCUT2D eigenvalue weighted by molar-refractivity contribution is 1.03. The molecule has 4 rings (SSSR count). The van der Waals surface area contributed by atoms with Gasteiger partial charge in [-0.25, -0.2) is 19.9 Å². The minimum atomic E-state index is 0.512. The fourth-order valence-corrected chi connectivity index (χ4v) is 2.16. The van der Waals surface area contributed by atoms with Crippen LogP contribution in [0.15, 0.2) is 0 Å². The Labute approximate surface area is 179 Å². The highest BCUT2D eigenvalue weighted by Gasteiger charge is 1.81. The molecule has 4 aromatic heterocycles. The van der Waals surface area contributed by atoms with E-state index in [1.165, 1.54) is 0 Å². The highest BCUT2D eigenvalue weighted by Crippen LogP contribution is 1.81. The second kappa shape index (κ2) is 12.0. The number of nitrogens with one attached hydrogen (secondary N) is 8. The number of aromatic nitrogens is 12. The van der Waals surface area contributed by atoms with Gasteiger partial charge < -0.3 is 0 Å². The predicted octanol–water partition coefficient (Wildman–Crippen LogP) is 3.10. The Morgan fingerprint density at radius 1 is 0.393 bits per heavy atom. The maximum absolute atomic E-state index is 4.63. The molecule has 0 amide bonds. The Hall–Kier alpha value is -2.56. The quantitative estimate of drug-likeness (QED) is 0.184. The summed E-state index contributed by atoms with van der Waals surface area (Å²) in [5.74, 6) is 3.30. The van der Waals surface area contributed by atoms with Gasteiger partial charge in [-0.1, -0.05) is 0 Å². The molecule has 8 N–H and O–H groups in total. The summed E-state index contributed by atoms with van der Waals surface area (Å²) in [4.78, 5) is 15.3. The average molecular weight is 461 g/mol. The molecule has 4 heterocycles. The normalized spacial score (nSPS) is 9.29. The standard InChI is InChI=1S/4C3H5N3S/c4*1-2-4-3(7)6-5-2/h4*1H3,(H2,4,5,6,7). The van der Waals surface area contributed by atoms with Crippen LogP contribution in [0, 0.1) is 46.8 Å². The average Bonchev–Trinajstić information content (AvgIpc) is 3.37. The molecule has 0 aromatic carbocycles. The molecule has 0 saturated carbocycles. The first-order valence-corrected chi connectivity index (χ1v) is 9.24. The molecule has 0 bridgehead atoms. The van der Waals surface area contributed by atoms with E-state index in [0.29, 0.717) is 19.1 Å². The van der Waals surface area contributed by atoms with Crippen LogP contribution in [0.4, 0.5) is 0 Å². The van der Waals surface area contributed by atoms with Crippen LogP contribution in [0.3, 0.4) is 0 Å². The Morgan fingerprint density at radius 2 is 0.571 bits per heavy atom. The Balaban J connectivity index is 0.000000187. The Morgan fingerprint density at radius 3 is 0.607 bits per heavy atom. The molecule has 0 fully saturated rings. The van der Waals surface area contributed by atoms with Gasteiger partial charge in [-0.15, -0.1) is 0 Å². The molecule has 0 spiro atoms. The second-order valence-corrected chi connectivity index (χ2v) is 6.56. The van der Waals surface area contributed by atoms with Crippen LogP contribution >= 0.6 is 48.9 Å². The molecular formula is C12H20N12S4. The number of aromatic amines is 8. The van der Waals surface area contributed by atoms with Crippen molar-refractivity contribution in [2.24, 2.45) is 0 Å².